The number of carbonyl (C=O) groups is 1. The summed E-state index contributed by atoms with van der Waals surface area (Å²) in [5.41, 5.74) is 3.33. The second kappa shape index (κ2) is 5.89. The van der Waals surface area contributed by atoms with E-state index in [0.717, 1.165) is 36.4 Å². The fraction of sp³-hybridized carbons (Fsp3) is 0.316. The lowest BCUT2D eigenvalue weighted by molar-refractivity contribution is -0.123. The van der Waals surface area contributed by atoms with E-state index in [1.807, 2.05) is 41.3 Å². The van der Waals surface area contributed by atoms with Crippen molar-refractivity contribution in [2.75, 3.05) is 18.1 Å². The molecule has 2 aliphatic heterocycles. The summed E-state index contributed by atoms with van der Waals surface area (Å²) < 4.78 is 5.78. The summed E-state index contributed by atoms with van der Waals surface area (Å²) >= 11 is 6.07. The molecule has 0 spiro atoms. The van der Waals surface area contributed by atoms with Gasteiger partial charge in [-0.05, 0) is 54.7 Å². The molecule has 0 saturated heterocycles. The number of hydrogen-bond donors (Lipinski definition) is 0. The molecular weight excluding hydrogens is 310 g/mol. The molecule has 118 valence electrons. The summed E-state index contributed by atoms with van der Waals surface area (Å²) in [5.74, 6) is 0.854. The van der Waals surface area contributed by atoms with E-state index in [1.165, 1.54) is 5.56 Å². The minimum absolute atomic E-state index is 0.146. The second-order valence-corrected chi connectivity index (χ2v) is 6.62. The molecule has 1 atom stereocenters. The van der Waals surface area contributed by atoms with Crippen molar-refractivity contribution >= 4 is 23.2 Å². The molecule has 2 aliphatic rings. The zero-order valence-electron chi connectivity index (χ0n) is 12.8. The van der Waals surface area contributed by atoms with Gasteiger partial charge in [0.15, 0.2) is 0 Å². The summed E-state index contributed by atoms with van der Waals surface area (Å²) in [4.78, 5) is 15.0. The third-order valence-electron chi connectivity index (χ3n) is 4.65. The van der Waals surface area contributed by atoms with Gasteiger partial charge >= 0.3 is 0 Å². The van der Waals surface area contributed by atoms with Gasteiger partial charge in [0.05, 0.1) is 5.92 Å². The average molecular weight is 328 g/mol. The monoisotopic (exact) mass is 327 g/mol. The minimum Gasteiger partial charge on any atom is -0.492 e. The molecule has 0 N–H and O–H groups in total. The second-order valence-electron chi connectivity index (χ2n) is 6.19. The third kappa shape index (κ3) is 2.70. The van der Waals surface area contributed by atoms with Crippen LogP contribution in [-0.2, 0) is 17.6 Å². The van der Waals surface area contributed by atoms with Crippen LogP contribution < -0.4 is 9.64 Å². The molecule has 1 amide bonds. The highest BCUT2D eigenvalue weighted by Gasteiger charge is 2.32. The van der Waals surface area contributed by atoms with Crippen molar-refractivity contribution in [3.05, 3.63) is 58.6 Å². The highest BCUT2D eigenvalue weighted by Crippen LogP contribution is 2.33. The van der Waals surface area contributed by atoms with Gasteiger partial charge in [0.2, 0.25) is 5.91 Å². The van der Waals surface area contributed by atoms with Gasteiger partial charge in [-0.2, -0.15) is 0 Å². The number of hydrogen-bond acceptors (Lipinski definition) is 2. The Labute approximate surface area is 140 Å². The smallest absolute Gasteiger partial charge is 0.233 e. The number of carbonyl (C=O) groups excluding carboxylic acids is 1. The van der Waals surface area contributed by atoms with Gasteiger partial charge in [-0.15, -0.1) is 0 Å². The van der Waals surface area contributed by atoms with Gasteiger partial charge in [0, 0.05) is 17.3 Å². The van der Waals surface area contributed by atoms with E-state index in [1.54, 1.807) is 0 Å². The van der Waals surface area contributed by atoms with Crippen molar-refractivity contribution in [3.63, 3.8) is 0 Å². The molecule has 0 aromatic heterocycles. The first-order valence-corrected chi connectivity index (χ1v) is 8.40. The third-order valence-corrected chi connectivity index (χ3v) is 4.89. The maximum atomic E-state index is 13.0. The van der Waals surface area contributed by atoms with Crippen molar-refractivity contribution in [3.8, 4) is 5.75 Å². The Hall–Kier alpha value is -2.00. The van der Waals surface area contributed by atoms with Crippen molar-refractivity contribution in [2.45, 2.75) is 19.3 Å². The Morgan fingerprint density at radius 2 is 2.04 bits per heavy atom. The van der Waals surface area contributed by atoms with Gasteiger partial charge in [-0.3, -0.25) is 4.79 Å². The van der Waals surface area contributed by atoms with Crippen LogP contribution in [0.2, 0.25) is 5.02 Å². The number of amides is 1. The summed E-state index contributed by atoms with van der Waals surface area (Å²) in [6, 6.07) is 13.8. The number of fused-ring (bicyclic) bond motifs is 2. The molecule has 0 bridgehead atoms. The van der Waals surface area contributed by atoms with Gasteiger partial charge < -0.3 is 9.64 Å². The van der Waals surface area contributed by atoms with E-state index in [2.05, 4.69) is 6.07 Å². The van der Waals surface area contributed by atoms with Gasteiger partial charge in [0.25, 0.3) is 0 Å². The summed E-state index contributed by atoms with van der Waals surface area (Å²) in [6.07, 6.45) is 2.74. The number of halogens is 1. The first kappa shape index (κ1) is 14.6. The molecule has 4 heteroatoms. The molecule has 2 aromatic carbocycles. The van der Waals surface area contributed by atoms with E-state index < -0.39 is 0 Å². The SMILES string of the molecule is O=C(C1COc2ccc(Cl)cc2C1)N1CCCc2ccccc21. The van der Waals surface area contributed by atoms with Gasteiger partial charge in [-0.25, -0.2) is 0 Å². The van der Waals surface area contributed by atoms with Crippen molar-refractivity contribution in [2.24, 2.45) is 5.92 Å². The Balaban J connectivity index is 1.59. The highest BCUT2D eigenvalue weighted by molar-refractivity contribution is 6.30. The first-order valence-electron chi connectivity index (χ1n) is 8.03. The predicted octanol–water partition coefficient (Wildman–Crippen LogP) is 3.87. The molecule has 2 aromatic rings. The fourth-order valence-electron chi connectivity index (χ4n) is 3.50. The Bertz CT molecular complexity index is 759. The van der Waals surface area contributed by atoms with Crippen LogP contribution >= 0.6 is 11.6 Å². The number of aryl methyl sites for hydroxylation is 1. The summed E-state index contributed by atoms with van der Waals surface area (Å²) in [6.45, 7) is 1.22. The molecule has 4 rings (SSSR count). The Morgan fingerprint density at radius 1 is 1.17 bits per heavy atom. The fourth-order valence-corrected chi connectivity index (χ4v) is 3.70. The standard InChI is InChI=1S/C19H18ClNO2/c20-16-7-8-18-14(11-16)10-15(12-23-18)19(22)21-9-3-5-13-4-1-2-6-17(13)21/h1-2,4,6-8,11,15H,3,5,9-10,12H2. The van der Waals surface area contributed by atoms with E-state index in [-0.39, 0.29) is 11.8 Å². The molecule has 0 fully saturated rings. The molecule has 3 nitrogen and oxygen atoms in total. The van der Waals surface area contributed by atoms with Crippen LogP contribution in [0.15, 0.2) is 42.5 Å². The van der Waals surface area contributed by atoms with Crippen LogP contribution in [0.3, 0.4) is 0 Å². The quantitative estimate of drug-likeness (QED) is 0.795. The van der Waals surface area contributed by atoms with Crippen LogP contribution in [-0.4, -0.2) is 19.1 Å². The molecule has 23 heavy (non-hydrogen) atoms. The van der Waals surface area contributed by atoms with Crippen LogP contribution in [0, 0.1) is 5.92 Å². The van der Waals surface area contributed by atoms with E-state index in [9.17, 15) is 4.79 Å². The van der Waals surface area contributed by atoms with Crippen molar-refractivity contribution in [1.82, 2.24) is 0 Å². The Morgan fingerprint density at radius 3 is 2.96 bits per heavy atom. The lowest BCUT2D eigenvalue weighted by Crippen LogP contribution is -2.43. The van der Waals surface area contributed by atoms with Crippen LogP contribution in [0.25, 0.3) is 0 Å². The maximum Gasteiger partial charge on any atom is 0.233 e. The molecular formula is C19H18ClNO2. The average Bonchev–Trinajstić information content (AvgIpc) is 2.60. The van der Waals surface area contributed by atoms with E-state index in [4.69, 9.17) is 16.3 Å². The van der Waals surface area contributed by atoms with E-state index in [0.29, 0.717) is 18.1 Å². The van der Waals surface area contributed by atoms with E-state index >= 15 is 0 Å². The number of rotatable bonds is 1. The lowest BCUT2D eigenvalue weighted by Gasteiger charge is -2.34. The van der Waals surface area contributed by atoms with Gasteiger partial charge in [0.1, 0.15) is 12.4 Å². The zero-order valence-corrected chi connectivity index (χ0v) is 13.6. The molecule has 0 aliphatic carbocycles. The van der Waals surface area contributed by atoms with Crippen LogP contribution in [0.1, 0.15) is 17.5 Å². The van der Waals surface area contributed by atoms with Crippen molar-refractivity contribution in [1.29, 1.82) is 0 Å². The normalized spacial score (nSPS) is 19.5. The number of nitrogens with zero attached hydrogens (tertiary/aromatic N) is 1. The highest BCUT2D eigenvalue weighted by atomic mass is 35.5. The number of benzene rings is 2. The Kier molecular flexibility index (Phi) is 3.74. The predicted molar refractivity (Wildman–Crippen MR) is 91.3 cm³/mol. The number of ether oxygens (including phenoxy) is 1. The van der Waals surface area contributed by atoms with Crippen LogP contribution in [0.5, 0.6) is 5.75 Å². The summed E-state index contributed by atoms with van der Waals surface area (Å²) in [5, 5.41) is 0.684. The largest absolute Gasteiger partial charge is 0.492 e. The summed E-state index contributed by atoms with van der Waals surface area (Å²) in [7, 11) is 0. The lowest BCUT2D eigenvalue weighted by atomic mass is 9.93. The minimum atomic E-state index is -0.146. The first-order chi connectivity index (χ1) is 11.2. The molecule has 0 saturated carbocycles. The number of para-hydroxylation sites is 1. The maximum absolute atomic E-state index is 13.0. The van der Waals surface area contributed by atoms with Crippen LogP contribution in [0.4, 0.5) is 5.69 Å². The molecule has 2 heterocycles. The zero-order chi connectivity index (χ0) is 15.8. The number of anilines is 1. The van der Waals surface area contributed by atoms with Crippen molar-refractivity contribution < 1.29 is 9.53 Å². The van der Waals surface area contributed by atoms with Gasteiger partial charge in [-0.1, -0.05) is 29.8 Å². The topological polar surface area (TPSA) is 29.5 Å². The molecule has 1 unspecified atom stereocenters. The molecule has 0 radical (unpaired) electrons.